The van der Waals surface area contributed by atoms with Crippen LogP contribution < -0.4 is 15.8 Å². The van der Waals surface area contributed by atoms with Gasteiger partial charge in [-0.2, -0.15) is 13.2 Å². The van der Waals surface area contributed by atoms with Crippen molar-refractivity contribution in [1.29, 1.82) is 0 Å². The molecule has 0 spiro atoms. The lowest BCUT2D eigenvalue weighted by Crippen LogP contribution is -2.31. The van der Waals surface area contributed by atoms with E-state index in [1.807, 2.05) is 60.0 Å². The van der Waals surface area contributed by atoms with E-state index in [1.54, 1.807) is 28.4 Å². The summed E-state index contributed by atoms with van der Waals surface area (Å²) in [7, 11) is 0. The Bertz CT molecular complexity index is 1600. The van der Waals surface area contributed by atoms with Crippen LogP contribution in [0, 0.1) is 0 Å². The normalized spacial score (nSPS) is 11.4. The highest BCUT2D eigenvalue weighted by Gasteiger charge is 2.41. The third-order valence-corrected chi connectivity index (χ3v) is 7.38. The summed E-state index contributed by atoms with van der Waals surface area (Å²) in [6.07, 6.45) is -1.48. The number of amides is 2. The monoisotopic (exact) mass is 621 g/mol. The number of rotatable bonds is 12. The van der Waals surface area contributed by atoms with Crippen molar-refractivity contribution in [1.82, 2.24) is 10.2 Å². The number of thiophene rings is 1. The first-order valence-electron chi connectivity index (χ1n) is 13.7. The van der Waals surface area contributed by atoms with E-state index in [2.05, 4.69) is 10.1 Å². The zero-order valence-corrected chi connectivity index (χ0v) is 24.4. The Kier molecular flexibility index (Phi) is 11.1. The second-order valence-electron chi connectivity index (χ2n) is 9.70. The zero-order valence-electron chi connectivity index (χ0n) is 23.6. The van der Waals surface area contributed by atoms with E-state index < -0.39 is 12.1 Å². The molecule has 228 valence electrons. The molecule has 4 rings (SSSR count). The van der Waals surface area contributed by atoms with E-state index in [0.29, 0.717) is 43.7 Å². The first-order valence-corrected chi connectivity index (χ1v) is 14.6. The van der Waals surface area contributed by atoms with Crippen LogP contribution in [-0.2, 0) is 22.6 Å². The minimum atomic E-state index is -5.10. The molecule has 0 saturated heterocycles. The minimum Gasteiger partial charge on any atom is -0.420 e. The highest BCUT2D eigenvalue weighted by atomic mass is 32.1. The minimum absolute atomic E-state index is 0.206. The third kappa shape index (κ3) is 9.38. The van der Waals surface area contributed by atoms with Crippen LogP contribution in [0.3, 0.4) is 0 Å². The zero-order chi connectivity index (χ0) is 31.5. The Hall–Kier alpha value is -4.74. The van der Waals surface area contributed by atoms with Gasteiger partial charge in [-0.3, -0.25) is 9.59 Å². The summed E-state index contributed by atoms with van der Waals surface area (Å²) in [5.74, 6) is -3.02. The quantitative estimate of drug-likeness (QED) is 0.117. The summed E-state index contributed by atoms with van der Waals surface area (Å²) in [5.41, 5.74) is 9.19. The summed E-state index contributed by atoms with van der Waals surface area (Å²) in [6.45, 7) is 1.51. The summed E-state index contributed by atoms with van der Waals surface area (Å²) in [5, 5.41) is 4.74. The van der Waals surface area contributed by atoms with Gasteiger partial charge >= 0.3 is 12.1 Å². The Labute approximate surface area is 256 Å². The predicted molar refractivity (Wildman–Crippen MR) is 164 cm³/mol. The second kappa shape index (κ2) is 15.1. The molecule has 3 aromatic carbocycles. The molecule has 2 amide bonds. The Morgan fingerprint density at radius 1 is 0.932 bits per heavy atom. The third-order valence-electron chi connectivity index (χ3n) is 6.45. The lowest BCUT2D eigenvalue weighted by atomic mass is 10.0. The van der Waals surface area contributed by atoms with Gasteiger partial charge in [0.2, 0.25) is 5.91 Å². The van der Waals surface area contributed by atoms with Gasteiger partial charge in [0.15, 0.2) is 0 Å². The molecule has 44 heavy (non-hydrogen) atoms. The Balaban J connectivity index is 1.49. The van der Waals surface area contributed by atoms with Crippen molar-refractivity contribution in [3.8, 4) is 16.9 Å². The number of esters is 1. The number of alkyl halides is 3. The number of benzene rings is 3. The van der Waals surface area contributed by atoms with Crippen molar-refractivity contribution >= 4 is 35.2 Å². The summed E-state index contributed by atoms with van der Waals surface area (Å²) in [6, 6.07) is 24.3. The molecular formula is C33H30F3N3O4S. The van der Waals surface area contributed by atoms with Gasteiger partial charge in [0.05, 0.1) is 0 Å². The van der Waals surface area contributed by atoms with Crippen molar-refractivity contribution in [2.24, 2.45) is 5.73 Å². The SMILES string of the molecule is NCCNC(=O)c1cccc(-c2cccc(CN(CCc3cccs3)C(=O)/C=C/c3ccc(OC(=O)C(F)(F)F)cc3)c2)c1. The molecule has 0 fully saturated rings. The molecule has 0 atom stereocenters. The van der Waals surface area contributed by atoms with E-state index in [0.717, 1.165) is 21.6 Å². The molecule has 11 heteroatoms. The number of nitrogens with one attached hydrogen (secondary N) is 1. The fraction of sp³-hybridized carbons (Fsp3) is 0.182. The van der Waals surface area contributed by atoms with Crippen molar-refractivity contribution in [2.45, 2.75) is 19.1 Å². The molecule has 1 heterocycles. The topological polar surface area (TPSA) is 102 Å². The van der Waals surface area contributed by atoms with Crippen LogP contribution in [0.2, 0.25) is 0 Å². The maximum absolute atomic E-state index is 13.4. The molecule has 0 bridgehead atoms. The first kappa shape index (κ1) is 32.2. The molecule has 0 unspecified atom stereocenters. The van der Waals surface area contributed by atoms with Gasteiger partial charge in [0.25, 0.3) is 5.91 Å². The molecule has 0 saturated carbocycles. The summed E-state index contributed by atoms with van der Waals surface area (Å²) < 4.78 is 41.7. The van der Waals surface area contributed by atoms with E-state index in [-0.39, 0.29) is 17.6 Å². The maximum Gasteiger partial charge on any atom is 0.491 e. The molecule has 1 aromatic heterocycles. The second-order valence-corrected chi connectivity index (χ2v) is 10.7. The van der Waals surface area contributed by atoms with Gasteiger partial charge in [0.1, 0.15) is 5.75 Å². The van der Waals surface area contributed by atoms with Crippen LogP contribution in [-0.4, -0.2) is 48.5 Å². The maximum atomic E-state index is 13.4. The Morgan fingerprint density at radius 3 is 2.34 bits per heavy atom. The van der Waals surface area contributed by atoms with Crippen LogP contribution in [0.25, 0.3) is 17.2 Å². The molecule has 7 nitrogen and oxygen atoms in total. The number of ether oxygens (including phenoxy) is 1. The number of hydrogen-bond acceptors (Lipinski definition) is 6. The lowest BCUT2D eigenvalue weighted by Gasteiger charge is -2.22. The van der Waals surface area contributed by atoms with Crippen LogP contribution in [0.15, 0.2) is 96.4 Å². The van der Waals surface area contributed by atoms with Crippen molar-refractivity contribution in [3.63, 3.8) is 0 Å². The highest BCUT2D eigenvalue weighted by molar-refractivity contribution is 7.09. The standard InChI is InChI=1S/C33H30F3N3O4S/c34-33(35,36)32(42)43-28-12-9-23(10-13-28)11-14-30(40)39(18-15-29-8-3-19-44-29)22-24-4-1-5-25(20-24)26-6-2-7-27(21-26)31(41)38-17-16-37/h1-14,19-21H,15-18,22,37H2,(H,38,41)/b14-11+. The molecule has 3 N–H and O–H groups in total. The van der Waals surface area contributed by atoms with Crippen LogP contribution in [0.1, 0.15) is 26.4 Å². The number of hydrogen-bond donors (Lipinski definition) is 2. The first-order chi connectivity index (χ1) is 21.1. The van der Waals surface area contributed by atoms with E-state index in [9.17, 15) is 27.6 Å². The number of carbonyl (C=O) groups excluding carboxylic acids is 3. The average molecular weight is 622 g/mol. The fourth-order valence-electron chi connectivity index (χ4n) is 4.25. The fourth-order valence-corrected chi connectivity index (χ4v) is 4.95. The van der Waals surface area contributed by atoms with E-state index in [4.69, 9.17) is 5.73 Å². The average Bonchev–Trinajstić information content (AvgIpc) is 3.55. The molecule has 0 aliphatic rings. The Morgan fingerprint density at radius 2 is 1.66 bits per heavy atom. The summed E-state index contributed by atoms with van der Waals surface area (Å²) >= 11 is 1.61. The largest absolute Gasteiger partial charge is 0.491 e. The predicted octanol–water partition coefficient (Wildman–Crippen LogP) is 5.86. The number of carbonyl (C=O) groups is 3. The van der Waals surface area contributed by atoms with Crippen molar-refractivity contribution < 1.29 is 32.3 Å². The molecular weight excluding hydrogens is 591 g/mol. The van der Waals surface area contributed by atoms with Gasteiger partial charge < -0.3 is 20.7 Å². The number of halogens is 3. The van der Waals surface area contributed by atoms with E-state index >= 15 is 0 Å². The van der Waals surface area contributed by atoms with Crippen molar-refractivity contribution in [3.05, 3.63) is 118 Å². The lowest BCUT2D eigenvalue weighted by molar-refractivity contribution is -0.189. The van der Waals surface area contributed by atoms with E-state index in [1.165, 1.54) is 30.3 Å². The van der Waals surface area contributed by atoms with Crippen LogP contribution in [0.5, 0.6) is 5.75 Å². The van der Waals surface area contributed by atoms with Crippen molar-refractivity contribution in [2.75, 3.05) is 19.6 Å². The smallest absolute Gasteiger partial charge is 0.420 e. The highest BCUT2D eigenvalue weighted by Crippen LogP contribution is 2.24. The molecule has 4 aromatic rings. The molecule has 0 aliphatic heterocycles. The molecule has 0 radical (unpaired) electrons. The van der Waals surface area contributed by atoms with Crippen LogP contribution >= 0.6 is 11.3 Å². The van der Waals surface area contributed by atoms with Crippen LogP contribution in [0.4, 0.5) is 13.2 Å². The number of nitrogens with zero attached hydrogens (tertiary/aromatic N) is 1. The van der Waals surface area contributed by atoms with Gasteiger partial charge in [0, 0.05) is 42.7 Å². The van der Waals surface area contributed by atoms with Gasteiger partial charge in [-0.05, 0) is 76.5 Å². The van der Waals surface area contributed by atoms with Gasteiger partial charge in [-0.25, -0.2) is 4.79 Å². The van der Waals surface area contributed by atoms with Gasteiger partial charge in [-0.1, -0.05) is 48.5 Å². The number of nitrogens with two attached hydrogens (primary N) is 1. The molecule has 0 aliphatic carbocycles. The summed E-state index contributed by atoms with van der Waals surface area (Å²) in [4.78, 5) is 39.7. The van der Waals surface area contributed by atoms with Gasteiger partial charge in [-0.15, -0.1) is 11.3 Å².